The molecule has 0 spiro atoms. The molecule has 1 saturated carbocycles. The van der Waals surface area contributed by atoms with Gasteiger partial charge in [-0.15, -0.1) is 0 Å². The first-order chi connectivity index (χ1) is 11.7. The number of aromatic carboxylic acids is 1. The maximum Gasteiger partial charge on any atom is 0.335 e. The molecule has 0 atom stereocenters. The van der Waals surface area contributed by atoms with Crippen LogP contribution >= 0.6 is 0 Å². The van der Waals surface area contributed by atoms with Crippen LogP contribution < -0.4 is 10.1 Å². The number of hydrogen-bond donors (Lipinski definition) is 2. The van der Waals surface area contributed by atoms with Gasteiger partial charge >= 0.3 is 5.97 Å². The standard InChI is InChI=1S/C20H23NO3/c22-20(23)16-8-5-6-15(12-16)13-21-14-17-7-1-4-11-19(17)24-18-9-2-3-10-18/h1,4-8,11-12,18,21H,2-3,9-10,13-14H2,(H,22,23). The summed E-state index contributed by atoms with van der Waals surface area (Å²) in [5, 5.41) is 12.4. The fraction of sp³-hybridized carbons (Fsp3) is 0.350. The van der Waals surface area contributed by atoms with Gasteiger partial charge in [0.15, 0.2) is 0 Å². The SMILES string of the molecule is O=C(O)c1cccc(CNCc2ccccc2OC2CCCC2)c1. The first-order valence-corrected chi connectivity index (χ1v) is 8.50. The molecule has 0 heterocycles. The van der Waals surface area contributed by atoms with Crippen LogP contribution in [0.15, 0.2) is 48.5 Å². The molecule has 4 heteroatoms. The van der Waals surface area contributed by atoms with E-state index in [1.54, 1.807) is 18.2 Å². The minimum absolute atomic E-state index is 0.319. The Hall–Kier alpha value is -2.33. The van der Waals surface area contributed by atoms with Crippen molar-refractivity contribution in [3.05, 3.63) is 65.2 Å². The molecule has 126 valence electrons. The lowest BCUT2D eigenvalue weighted by Crippen LogP contribution is -2.16. The number of nitrogens with one attached hydrogen (secondary N) is 1. The summed E-state index contributed by atoms with van der Waals surface area (Å²) in [7, 11) is 0. The summed E-state index contributed by atoms with van der Waals surface area (Å²) in [6, 6.07) is 15.1. The average molecular weight is 325 g/mol. The van der Waals surface area contributed by atoms with E-state index in [9.17, 15) is 4.79 Å². The Balaban J connectivity index is 1.58. The van der Waals surface area contributed by atoms with Crippen LogP contribution in [-0.2, 0) is 13.1 Å². The minimum Gasteiger partial charge on any atom is -0.490 e. The average Bonchev–Trinajstić information content (AvgIpc) is 3.10. The second-order valence-electron chi connectivity index (χ2n) is 6.24. The Morgan fingerprint density at radius 2 is 1.88 bits per heavy atom. The van der Waals surface area contributed by atoms with Crippen molar-refractivity contribution in [2.45, 2.75) is 44.9 Å². The number of para-hydroxylation sites is 1. The lowest BCUT2D eigenvalue weighted by atomic mass is 10.1. The fourth-order valence-corrected chi connectivity index (χ4v) is 3.11. The molecule has 4 nitrogen and oxygen atoms in total. The van der Waals surface area contributed by atoms with Gasteiger partial charge in [-0.05, 0) is 49.4 Å². The van der Waals surface area contributed by atoms with Gasteiger partial charge in [-0.1, -0.05) is 30.3 Å². The molecule has 1 aliphatic carbocycles. The van der Waals surface area contributed by atoms with Crippen LogP contribution in [0.25, 0.3) is 0 Å². The van der Waals surface area contributed by atoms with Crippen LogP contribution in [-0.4, -0.2) is 17.2 Å². The number of rotatable bonds is 7. The van der Waals surface area contributed by atoms with E-state index in [0.29, 0.717) is 24.8 Å². The van der Waals surface area contributed by atoms with Gasteiger partial charge in [0.05, 0.1) is 11.7 Å². The van der Waals surface area contributed by atoms with Gasteiger partial charge in [0.1, 0.15) is 5.75 Å². The quantitative estimate of drug-likeness (QED) is 0.808. The Morgan fingerprint density at radius 1 is 1.08 bits per heavy atom. The molecule has 0 saturated heterocycles. The molecular formula is C20H23NO3. The molecule has 24 heavy (non-hydrogen) atoms. The van der Waals surface area contributed by atoms with Gasteiger partial charge < -0.3 is 15.2 Å². The molecule has 2 aromatic rings. The number of carbonyl (C=O) groups is 1. The van der Waals surface area contributed by atoms with E-state index in [1.807, 2.05) is 24.3 Å². The van der Waals surface area contributed by atoms with Gasteiger partial charge in [-0.25, -0.2) is 4.79 Å². The van der Waals surface area contributed by atoms with E-state index in [-0.39, 0.29) is 0 Å². The summed E-state index contributed by atoms with van der Waals surface area (Å²) in [4.78, 5) is 11.0. The molecule has 3 rings (SSSR count). The first kappa shape index (κ1) is 16.5. The molecule has 0 bridgehead atoms. The Kier molecular flexibility index (Phi) is 5.49. The van der Waals surface area contributed by atoms with E-state index in [2.05, 4.69) is 11.4 Å². The van der Waals surface area contributed by atoms with Crippen molar-refractivity contribution in [3.63, 3.8) is 0 Å². The predicted octanol–water partition coefficient (Wildman–Crippen LogP) is 4.00. The van der Waals surface area contributed by atoms with E-state index in [1.165, 1.54) is 12.8 Å². The summed E-state index contributed by atoms with van der Waals surface area (Å²) in [6.07, 6.45) is 5.14. The van der Waals surface area contributed by atoms with E-state index in [0.717, 1.165) is 29.7 Å². The highest BCUT2D eigenvalue weighted by molar-refractivity contribution is 5.87. The van der Waals surface area contributed by atoms with Gasteiger partial charge in [-0.3, -0.25) is 0 Å². The van der Waals surface area contributed by atoms with Crippen LogP contribution in [0.2, 0.25) is 0 Å². The smallest absolute Gasteiger partial charge is 0.335 e. The molecule has 0 amide bonds. The van der Waals surface area contributed by atoms with Crippen molar-refractivity contribution in [1.29, 1.82) is 0 Å². The summed E-state index contributed by atoms with van der Waals surface area (Å²) >= 11 is 0. The molecule has 0 radical (unpaired) electrons. The number of carboxylic acid groups (broad SMARTS) is 1. The lowest BCUT2D eigenvalue weighted by molar-refractivity contribution is 0.0696. The summed E-state index contributed by atoms with van der Waals surface area (Å²) in [5.74, 6) is 0.0587. The Bertz CT molecular complexity index is 693. The van der Waals surface area contributed by atoms with Gasteiger partial charge in [0, 0.05) is 18.7 Å². The summed E-state index contributed by atoms with van der Waals surface area (Å²) < 4.78 is 6.14. The topological polar surface area (TPSA) is 58.6 Å². The van der Waals surface area contributed by atoms with Crippen molar-refractivity contribution in [3.8, 4) is 5.75 Å². The van der Waals surface area contributed by atoms with Crippen molar-refractivity contribution >= 4 is 5.97 Å². The highest BCUT2D eigenvalue weighted by atomic mass is 16.5. The fourth-order valence-electron chi connectivity index (χ4n) is 3.11. The van der Waals surface area contributed by atoms with Crippen molar-refractivity contribution in [2.75, 3.05) is 0 Å². The predicted molar refractivity (Wildman–Crippen MR) is 93.3 cm³/mol. The number of carboxylic acids is 1. The van der Waals surface area contributed by atoms with Crippen LogP contribution in [0.1, 0.15) is 47.2 Å². The molecule has 2 N–H and O–H groups in total. The molecule has 1 fully saturated rings. The van der Waals surface area contributed by atoms with Gasteiger partial charge in [0.2, 0.25) is 0 Å². The van der Waals surface area contributed by atoms with Crippen molar-refractivity contribution in [1.82, 2.24) is 5.32 Å². The van der Waals surface area contributed by atoms with E-state index >= 15 is 0 Å². The zero-order chi connectivity index (χ0) is 16.8. The molecule has 2 aromatic carbocycles. The Morgan fingerprint density at radius 3 is 2.67 bits per heavy atom. The van der Waals surface area contributed by atoms with Crippen LogP contribution in [0.3, 0.4) is 0 Å². The van der Waals surface area contributed by atoms with Gasteiger partial charge in [-0.2, -0.15) is 0 Å². The van der Waals surface area contributed by atoms with Crippen LogP contribution in [0.5, 0.6) is 5.75 Å². The third kappa shape index (κ3) is 4.36. The third-order valence-electron chi connectivity index (χ3n) is 4.39. The van der Waals surface area contributed by atoms with E-state index < -0.39 is 5.97 Å². The van der Waals surface area contributed by atoms with Crippen LogP contribution in [0.4, 0.5) is 0 Å². The molecule has 0 aliphatic heterocycles. The number of benzene rings is 2. The molecule has 0 unspecified atom stereocenters. The monoisotopic (exact) mass is 325 g/mol. The molecule has 1 aliphatic rings. The normalized spacial score (nSPS) is 14.7. The largest absolute Gasteiger partial charge is 0.490 e. The minimum atomic E-state index is -0.896. The van der Waals surface area contributed by atoms with Gasteiger partial charge in [0.25, 0.3) is 0 Å². The summed E-state index contributed by atoms with van der Waals surface area (Å²) in [6.45, 7) is 1.32. The maximum atomic E-state index is 11.0. The second-order valence-corrected chi connectivity index (χ2v) is 6.24. The zero-order valence-electron chi connectivity index (χ0n) is 13.7. The molecule has 0 aromatic heterocycles. The highest BCUT2D eigenvalue weighted by Crippen LogP contribution is 2.26. The number of hydrogen-bond acceptors (Lipinski definition) is 3. The summed E-state index contributed by atoms with van der Waals surface area (Å²) in [5.41, 5.74) is 2.42. The van der Waals surface area contributed by atoms with E-state index in [4.69, 9.17) is 9.84 Å². The highest BCUT2D eigenvalue weighted by Gasteiger charge is 2.17. The Labute approximate surface area is 142 Å². The maximum absolute atomic E-state index is 11.0. The molecular weight excluding hydrogens is 302 g/mol. The zero-order valence-corrected chi connectivity index (χ0v) is 13.7. The van der Waals surface area contributed by atoms with Crippen molar-refractivity contribution < 1.29 is 14.6 Å². The second kappa shape index (κ2) is 7.97. The first-order valence-electron chi connectivity index (χ1n) is 8.50. The van der Waals surface area contributed by atoms with Crippen molar-refractivity contribution in [2.24, 2.45) is 0 Å². The van der Waals surface area contributed by atoms with Crippen LogP contribution in [0, 0.1) is 0 Å². The third-order valence-corrected chi connectivity index (χ3v) is 4.39. The lowest BCUT2D eigenvalue weighted by Gasteiger charge is -2.17. The number of ether oxygens (including phenoxy) is 1.